The number of hydrogen-bond donors (Lipinski definition) is 1. The molecule has 3 heteroatoms. The quantitative estimate of drug-likeness (QED) is 0.748. The van der Waals surface area contributed by atoms with E-state index in [0.29, 0.717) is 11.6 Å². The highest BCUT2D eigenvalue weighted by atomic mass is 35.5. The standard InChI is InChI=1S/C17H19ClFN/c1-2-3-4-13-5-8-16(9-6-13)20-12-14-11-15(19)7-10-17(14)18/h5-11,20H,2-4,12H2,1H3. The zero-order valence-electron chi connectivity index (χ0n) is 11.6. The van der Waals surface area contributed by atoms with Gasteiger partial charge < -0.3 is 5.32 Å². The van der Waals surface area contributed by atoms with Gasteiger partial charge >= 0.3 is 0 Å². The molecule has 2 rings (SSSR count). The van der Waals surface area contributed by atoms with Gasteiger partial charge in [-0.25, -0.2) is 4.39 Å². The molecule has 0 atom stereocenters. The zero-order chi connectivity index (χ0) is 14.4. The first-order chi connectivity index (χ1) is 9.69. The van der Waals surface area contributed by atoms with Gasteiger partial charge in [0.05, 0.1) is 0 Å². The van der Waals surface area contributed by atoms with Crippen molar-refractivity contribution in [2.75, 3.05) is 5.32 Å². The highest BCUT2D eigenvalue weighted by Gasteiger charge is 2.02. The van der Waals surface area contributed by atoms with Crippen LogP contribution in [0.2, 0.25) is 5.02 Å². The van der Waals surface area contributed by atoms with Crippen molar-refractivity contribution in [3.05, 3.63) is 64.4 Å². The zero-order valence-corrected chi connectivity index (χ0v) is 12.4. The lowest BCUT2D eigenvalue weighted by Crippen LogP contribution is -2.00. The summed E-state index contributed by atoms with van der Waals surface area (Å²) in [6.07, 6.45) is 3.54. The third-order valence-electron chi connectivity index (χ3n) is 3.26. The van der Waals surface area contributed by atoms with E-state index in [1.807, 2.05) is 0 Å². The molecule has 20 heavy (non-hydrogen) atoms. The largest absolute Gasteiger partial charge is 0.381 e. The van der Waals surface area contributed by atoms with Crippen LogP contribution in [0.25, 0.3) is 0 Å². The summed E-state index contributed by atoms with van der Waals surface area (Å²) in [5, 5.41) is 3.84. The van der Waals surface area contributed by atoms with Crippen LogP contribution < -0.4 is 5.32 Å². The first kappa shape index (κ1) is 14.9. The fourth-order valence-corrected chi connectivity index (χ4v) is 2.23. The molecular weight excluding hydrogens is 273 g/mol. The summed E-state index contributed by atoms with van der Waals surface area (Å²) in [6.45, 7) is 2.71. The fourth-order valence-electron chi connectivity index (χ4n) is 2.05. The molecule has 1 nitrogen and oxygen atoms in total. The lowest BCUT2D eigenvalue weighted by molar-refractivity contribution is 0.626. The van der Waals surface area contributed by atoms with E-state index in [1.54, 1.807) is 6.07 Å². The summed E-state index contributed by atoms with van der Waals surface area (Å²) in [5.74, 6) is -0.263. The molecule has 0 saturated carbocycles. The van der Waals surface area contributed by atoms with Gasteiger partial charge in [-0.15, -0.1) is 0 Å². The summed E-state index contributed by atoms with van der Waals surface area (Å²) >= 11 is 6.04. The molecule has 2 aromatic rings. The Labute approximate surface area is 124 Å². The van der Waals surface area contributed by atoms with Crippen LogP contribution in [-0.4, -0.2) is 0 Å². The maximum atomic E-state index is 13.2. The van der Waals surface area contributed by atoms with Crippen LogP contribution >= 0.6 is 11.6 Å². The molecule has 0 aliphatic carbocycles. The van der Waals surface area contributed by atoms with Gasteiger partial charge in [-0.05, 0) is 54.3 Å². The summed E-state index contributed by atoms with van der Waals surface area (Å²) in [5.41, 5.74) is 3.13. The molecule has 0 aliphatic heterocycles. The minimum absolute atomic E-state index is 0.263. The molecule has 0 spiro atoms. The van der Waals surface area contributed by atoms with Crippen molar-refractivity contribution in [2.24, 2.45) is 0 Å². The Kier molecular flexibility index (Phi) is 5.42. The molecule has 0 unspecified atom stereocenters. The Morgan fingerprint density at radius 1 is 1.10 bits per heavy atom. The first-order valence-corrected chi connectivity index (χ1v) is 7.33. The van der Waals surface area contributed by atoms with Gasteiger partial charge in [-0.2, -0.15) is 0 Å². The molecule has 2 aromatic carbocycles. The van der Waals surface area contributed by atoms with Gasteiger partial charge in [0.2, 0.25) is 0 Å². The van der Waals surface area contributed by atoms with E-state index < -0.39 is 0 Å². The molecule has 0 heterocycles. The van der Waals surface area contributed by atoms with E-state index in [2.05, 4.69) is 36.5 Å². The van der Waals surface area contributed by atoms with Crippen molar-refractivity contribution in [3.8, 4) is 0 Å². The van der Waals surface area contributed by atoms with Crippen molar-refractivity contribution in [3.63, 3.8) is 0 Å². The predicted octanol–water partition coefficient (Wildman–Crippen LogP) is 5.43. The van der Waals surface area contributed by atoms with Crippen LogP contribution in [0.3, 0.4) is 0 Å². The van der Waals surface area contributed by atoms with E-state index >= 15 is 0 Å². The lowest BCUT2D eigenvalue weighted by Gasteiger charge is -2.09. The normalized spacial score (nSPS) is 10.6. The van der Waals surface area contributed by atoms with Crippen molar-refractivity contribution in [2.45, 2.75) is 32.7 Å². The Morgan fingerprint density at radius 3 is 2.55 bits per heavy atom. The second-order valence-corrected chi connectivity index (χ2v) is 5.30. The molecule has 1 N–H and O–H groups in total. The van der Waals surface area contributed by atoms with Gasteiger partial charge in [0, 0.05) is 17.3 Å². The monoisotopic (exact) mass is 291 g/mol. The minimum atomic E-state index is -0.263. The first-order valence-electron chi connectivity index (χ1n) is 6.96. The van der Waals surface area contributed by atoms with E-state index in [4.69, 9.17) is 11.6 Å². The number of rotatable bonds is 6. The van der Waals surface area contributed by atoms with Crippen LogP contribution in [0.1, 0.15) is 30.9 Å². The molecule has 0 aliphatic rings. The van der Waals surface area contributed by atoms with E-state index in [-0.39, 0.29) is 5.82 Å². The van der Waals surface area contributed by atoms with Crippen molar-refractivity contribution in [1.82, 2.24) is 0 Å². The SMILES string of the molecule is CCCCc1ccc(NCc2cc(F)ccc2Cl)cc1. The second kappa shape index (κ2) is 7.30. The molecule has 106 valence electrons. The topological polar surface area (TPSA) is 12.0 Å². The highest BCUT2D eigenvalue weighted by molar-refractivity contribution is 6.31. The molecule has 0 amide bonds. The number of aryl methyl sites for hydroxylation is 1. The van der Waals surface area contributed by atoms with Gasteiger partial charge in [-0.1, -0.05) is 37.1 Å². The summed E-state index contributed by atoms with van der Waals surface area (Å²) in [6, 6.07) is 12.8. The van der Waals surface area contributed by atoms with Crippen molar-refractivity contribution >= 4 is 17.3 Å². The van der Waals surface area contributed by atoms with Crippen LogP contribution in [-0.2, 0) is 13.0 Å². The predicted molar refractivity (Wildman–Crippen MR) is 83.8 cm³/mol. The highest BCUT2D eigenvalue weighted by Crippen LogP contribution is 2.19. The second-order valence-electron chi connectivity index (χ2n) is 4.89. The van der Waals surface area contributed by atoms with Gasteiger partial charge in [0.1, 0.15) is 5.82 Å². The molecule has 0 saturated heterocycles. The van der Waals surface area contributed by atoms with Crippen molar-refractivity contribution < 1.29 is 4.39 Å². The average Bonchev–Trinajstić information content (AvgIpc) is 2.47. The number of benzene rings is 2. The molecule has 0 radical (unpaired) electrons. The molecular formula is C17H19ClFN. The third-order valence-corrected chi connectivity index (χ3v) is 3.63. The minimum Gasteiger partial charge on any atom is -0.381 e. The number of halogens is 2. The third kappa shape index (κ3) is 4.24. The number of nitrogens with one attached hydrogen (secondary N) is 1. The lowest BCUT2D eigenvalue weighted by atomic mass is 10.1. The van der Waals surface area contributed by atoms with Crippen molar-refractivity contribution in [1.29, 1.82) is 0 Å². The molecule has 0 fully saturated rings. The van der Waals surface area contributed by atoms with E-state index in [1.165, 1.54) is 30.5 Å². The molecule has 0 aromatic heterocycles. The summed E-state index contributed by atoms with van der Waals surface area (Å²) < 4.78 is 13.2. The van der Waals surface area contributed by atoms with E-state index in [0.717, 1.165) is 17.7 Å². The smallest absolute Gasteiger partial charge is 0.123 e. The van der Waals surface area contributed by atoms with Gasteiger partial charge in [-0.3, -0.25) is 0 Å². The van der Waals surface area contributed by atoms with Crippen LogP contribution in [0.15, 0.2) is 42.5 Å². The maximum absolute atomic E-state index is 13.2. The molecule has 0 bridgehead atoms. The van der Waals surface area contributed by atoms with Crippen LogP contribution in [0, 0.1) is 5.82 Å². The number of hydrogen-bond acceptors (Lipinski definition) is 1. The average molecular weight is 292 g/mol. The van der Waals surface area contributed by atoms with E-state index in [9.17, 15) is 4.39 Å². The Bertz CT molecular complexity index is 551. The van der Waals surface area contributed by atoms with Crippen LogP contribution in [0.5, 0.6) is 0 Å². The Morgan fingerprint density at radius 2 is 1.85 bits per heavy atom. The maximum Gasteiger partial charge on any atom is 0.123 e. The number of unbranched alkanes of at least 4 members (excludes halogenated alkanes) is 1. The fraction of sp³-hybridized carbons (Fsp3) is 0.294. The van der Waals surface area contributed by atoms with Gasteiger partial charge in [0.25, 0.3) is 0 Å². The van der Waals surface area contributed by atoms with Gasteiger partial charge in [0.15, 0.2) is 0 Å². The number of anilines is 1. The Hall–Kier alpha value is -1.54. The summed E-state index contributed by atoms with van der Waals surface area (Å²) in [7, 11) is 0. The summed E-state index contributed by atoms with van der Waals surface area (Å²) in [4.78, 5) is 0. The van der Waals surface area contributed by atoms with Crippen LogP contribution in [0.4, 0.5) is 10.1 Å². The Balaban J connectivity index is 1.95.